The summed E-state index contributed by atoms with van der Waals surface area (Å²) in [5, 5.41) is 0. The highest BCUT2D eigenvalue weighted by molar-refractivity contribution is 7.92. The van der Waals surface area contributed by atoms with Gasteiger partial charge in [0, 0.05) is 37.4 Å². The fraction of sp³-hybridized carbons (Fsp3) is 0.300. The van der Waals surface area contributed by atoms with Crippen molar-refractivity contribution < 1.29 is 22.4 Å². The number of hydrogen-bond donors (Lipinski definition) is 1. The first kappa shape index (κ1) is 20.8. The number of anilines is 1. The third-order valence-corrected chi connectivity index (χ3v) is 5.22. The Morgan fingerprint density at radius 3 is 2.07 bits per heavy atom. The highest BCUT2D eigenvalue weighted by atomic mass is 32.2. The van der Waals surface area contributed by atoms with Gasteiger partial charge in [0.05, 0.1) is 11.8 Å². The molecule has 0 unspecified atom stereocenters. The average Bonchev–Trinajstić information content (AvgIpc) is 2.93. The van der Waals surface area contributed by atoms with Gasteiger partial charge in [-0.1, -0.05) is 12.1 Å². The Morgan fingerprint density at radius 1 is 0.897 bits per heavy atom. The van der Waals surface area contributed by atoms with Crippen LogP contribution in [-0.2, 0) is 10.0 Å². The van der Waals surface area contributed by atoms with Gasteiger partial charge in [0.1, 0.15) is 5.82 Å². The minimum absolute atomic E-state index is 0.0289. The highest BCUT2D eigenvalue weighted by Gasteiger charge is 2.24. The van der Waals surface area contributed by atoms with Crippen LogP contribution >= 0.6 is 0 Å². The Balaban J connectivity index is 1.65. The molecule has 0 bridgehead atoms. The molecule has 0 spiro atoms. The number of carbonyl (C=O) groups is 2. The van der Waals surface area contributed by atoms with Crippen LogP contribution in [-0.4, -0.2) is 62.5 Å². The zero-order valence-corrected chi connectivity index (χ0v) is 16.8. The smallest absolute Gasteiger partial charge is 0.256 e. The number of rotatable bonds is 4. The predicted molar refractivity (Wildman–Crippen MR) is 108 cm³/mol. The zero-order valence-electron chi connectivity index (χ0n) is 16.0. The second-order valence-electron chi connectivity index (χ2n) is 6.87. The number of nitrogens with one attached hydrogen (secondary N) is 1. The van der Waals surface area contributed by atoms with Crippen LogP contribution in [0.1, 0.15) is 27.1 Å². The molecule has 1 N–H and O–H groups in total. The Bertz CT molecular complexity index is 1010. The van der Waals surface area contributed by atoms with Gasteiger partial charge in [0.2, 0.25) is 10.0 Å². The summed E-state index contributed by atoms with van der Waals surface area (Å²) >= 11 is 0. The van der Waals surface area contributed by atoms with Crippen LogP contribution in [0, 0.1) is 5.82 Å². The number of hydrogen-bond acceptors (Lipinski definition) is 4. The molecule has 0 aromatic heterocycles. The summed E-state index contributed by atoms with van der Waals surface area (Å²) in [7, 11) is -3.39. The molecule has 1 saturated heterocycles. The fourth-order valence-electron chi connectivity index (χ4n) is 3.21. The average molecular weight is 419 g/mol. The van der Waals surface area contributed by atoms with E-state index in [1.54, 1.807) is 28.0 Å². The molecule has 1 aliphatic rings. The molecule has 2 amide bonds. The largest absolute Gasteiger partial charge is 0.337 e. The van der Waals surface area contributed by atoms with Crippen LogP contribution in [0.25, 0.3) is 0 Å². The highest BCUT2D eigenvalue weighted by Crippen LogP contribution is 2.16. The molecule has 1 aliphatic heterocycles. The van der Waals surface area contributed by atoms with Crippen LogP contribution in [0.4, 0.5) is 10.1 Å². The van der Waals surface area contributed by atoms with Crippen molar-refractivity contribution in [1.29, 1.82) is 0 Å². The zero-order chi connectivity index (χ0) is 21.0. The maximum Gasteiger partial charge on any atom is 0.256 e. The van der Waals surface area contributed by atoms with Crippen molar-refractivity contribution >= 4 is 27.5 Å². The topological polar surface area (TPSA) is 86.8 Å². The van der Waals surface area contributed by atoms with E-state index in [-0.39, 0.29) is 17.4 Å². The van der Waals surface area contributed by atoms with Crippen LogP contribution in [0.2, 0.25) is 0 Å². The summed E-state index contributed by atoms with van der Waals surface area (Å²) in [5.74, 6) is -1.14. The molecule has 2 aromatic carbocycles. The van der Waals surface area contributed by atoms with E-state index in [0.717, 1.165) is 6.26 Å². The Morgan fingerprint density at radius 2 is 1.48 bits per heavy atom. The van der Waals surface area contributed by atoms with Crippen molar-refractivity contribution in [3.8, 4) is 0 Å². The summed E-state index contributed by atoms with van der Waals surface area (Å²) in [6.07, 6.45) is 1.64. The molecule has 1 fully saturated rings. The maximum atomic E-state index is 13.9. The van der Waals surface area contributed by atoms with Crippen molar-refractivity contribution in [1.82, 2.24) is 9.80 Å². The van der Waals surface area contributed by atoms with Crippen molar-refractivity contribution in [2.45, 2.75) is 6.42 Å². The van der Waals surface area contributed by atoms with Crippen molar-refractivity contribution in [3.05, 3.63) is 65.5 Å². The number of sulfonamides is 1. The third kappa shape index (κ3) is 5.32. The predicted octanol–water partition coefficient (Wildman–Crippen LogP) is 2.19. The van der Waals surface area contributed by atoms with Crippen molar-refractivity contribution in [2.24, 2.45) is 0 Å². The molecule has 3 rings (SSSR count). The van der Waals surface area contributed by atoms with E-state index >= 15 is 0 Å². The van der Waals surface area contributed by atoms with Gasteiger partial charge in [0.25, 0.3) is 11.8 Å². The maximum absolute atomic E-state index is 13.9. The van der Waals surface area contributed by atoms with Crippen LogP contribution in [0.3, 0.4) is 0 Å². The SMILES string of the molecule is CS(=O)(=O)Nc1ccc(C(=O)N2CCCN(C(=O)c3ccccc3F)CC2)cc1. The van der Waals surface area contributed by atoms with Gasteiger partial charge in [-0.25, -0.2) is 12.8 Å². The number of nitrogens with zero attached hydrogens (tertiary/aromatic N) is 2. The van der Waals surface area contributed by atoms with E-state index in [9.17, 15) is 22.4 Å². The van der Waals surface area contributed by atoms with Gasteiger partial charge in [-0.2, -0.15) is 0 Å². The molecule has 0 atom stereocenters. The van der Waals surface area contributed by atoms with Crippen molar-refractivity contribution in [3.63, 3.8) is 0 Å². The van der Waals surface area contributed by atoms with Crippen LogP contribution < -0.4 is 4.72 Å². The Hall–Kier alpha value is -2.94. The fourth-order valence-corrected chi connectivity index (χ4v) is 3.77. The first-order valence-corrected chi connectivity index (χ1v) is 11.0. The van der Waals surface area contributed by atoms with Gasteiger partial charge in [-0.3, -0.25) is 14.3 Å². The van der Waals surface area contributed by atoms with Gasteiger partial charge in [0.15, 0.2) is 0 Å². The lowest BCUT2D eigenvalue weighted by atomic mass is 10.2. The van der Waals surface area contributed by atoms with Gasteiger partial charge in [-0.05, 0) is 42.8 Å². The lowest BCUT2D eigenvalue weighted by Gasteiger charge is -2.22. The molecule has 1 heterocycles. The van der Waals surface area contributed by atoms with Gasteiger partial charge >= 0.3 is 0 Å². The van der Waals surface area contributed by atoms with E-state index in [1.807, 2.05) is 0 Å². The molecule has 7 nitrogen and oxygen atoms in total. The number of carbonyl (C=O) groups excluding carboxylic acids is 2. The summed E-state index contributed by atoms with van der Waals surface area (Å²) < 4.78 is 38.8. The number of amides is 2. The molecule has 0 radical (unpaired) electrons. The molecule has 154 valence electrons. The minimum Gasteiger partial charge on any atom is -0.337 e. The number of benzene rings is 2. The monoisotopic (exact) mass is 419 g/mol. The minimum atomic E-state index is -3.39. The van der Waals surface area contributed by atoms with Gasteiger partial charge in [-0.15, -0.1) is 0 Å². The van der Waals surface area contributed by atoms with E-state index in [1.165, 1.54) is 30.3 Å². The first-order chi connectivity index (χ1) is 13.7. The first-order valence-electron chi connectivity index (χ1n) is 9.15. The second-order valence-corrected chi connectivity index (χ2v) is 8.62. The van der Waals surface area contributed by atoms with E-state index < -0.39 is 15.8 Å². The molecular weight excluding hydrogens is 397 g/mol. The number of halogens is 1. The second kappa shape index (κ2) is 8.60. The molecule has 9 heteroatoms. The summed E-state index contributed by atoms with van der Waals surface area (Å²) in [6.45, 7) is 1.56. The third-order valence-electron chi connectivity index (χ3n) is 4.61. The van der Waals surface area contributed by atoms with E-state index in [2.05, 4.69) is 4.72 Å². The normalized spacial score (nSPS) is 15.0. The molecular formula is C20H22FN3O4S. The summed E-state index contributed by atoms with van der Waals surface area (Å²) in [6, 6.07) is 12.0. The van der Waals surface area contributed by atoms with Crippen LogP contribution in [0.15, 0.2) is 48.5 Å². The Labute approximate surface area is 169 Å². The lowest BCUT2D eigenvalue weighted by molar-refractivity contribution is 0.0716. The lowest BCUT2D eigenvalue weighted by Crippen LogP contribution is -2.37. The summed E-state index contributed by atoms with van der Waals surface area (Å²) in [5.41, 5.74) is 0.834. The molecule has 0 saturated carbocycles. The summed E-state index contributed by atoms with van der Waals surface area (Å²) in [4.78, 5) is 28.6. The Kier molecular flexibility index (Phi) is 6.17. The standard InChI is InChI=1S/C20H22FN3O4S/c1-29(27,28)22-16-9-7-15(8-10-16)19(25)23-11-4-12-24(14-13-23)20(26)17-5-2-3-6-18(17)21/h2-3,5-10,22H,4,11-14H2,1H3. The van der Waals surface area contributed by atoms with E-state index in [4.69, 9.17) is 0 Å². The molecule has 29 heavy (non-hydrogen) atoms. The van der Waals surface area contributed by atoms with Crippen LogP contribution in [0.5, 0.6) is 0 Å². The van der Waals surface area contributed by atoms with Crippen molar-refractivity contribution in [2.75, 3.05) is 37.2 Å². The van der Waals surface area contributed by atoms with Gasteiger partial charge < -0.3 is 9.80 Å². The quantitative estimate of drug-likeness (QED) is 0.823. The molecule has 2 aromatic rings. The molecule has 0 aliphatic carbocycles. The van der Waals surface area contributed by atoms with E-state index in [0.29, 0.717) is 43.9 Å².